The first-order valence-corrected chi connectivity index (χ1v) is 15.2. The molecule has 0 bridgehead atoms. The molecule has 0 aromatic heterocycles. The van der Waals surface area contributed by atoms with E-state index in [1.54, 1.807) is 0 Å². The fourth-order valence-corrected chi connectivity index (χ4v) is 6.99. The number of carbonyl (C=O) groups excluding carboxylic acids is 1. The summed E-state index contributed by atoms with van der Waals surface area (Å²) in [5.74, 6) is -0.0493. The van der Waals surface area contributed by atoms with Crippen LogP contribution in [0.25, 0.3) is 0 Å². The van der Waals surface area contributed by atoms with Crippen molar-refractivity contribution in [3.63, 3.8) is 0 Å². The van der Waals surface area contributed by atoms with E-state index < -0.39 is 5.92 Å². The van der Waals surface area contributed by atoms with Gasteiger partial charge in [-0.15, -0.1) is 0 Å². The van der Waals surface area contributed by atoms with Gasteiger partial charge in [0, 0.05) is 5.92 Å². The molecule has 0 N–H and O–H groups in total. The van der Waals surface area contributed by atoms with E-state index in [-0.39, 0.29) is 29.4 Å². The number of ether oxygens (including phenoxy) is 1. The van der Waals surface area contributed by atoms with E-state index in [0.29, 0.717) is 5.92 Å². The van der Waals surface area contributed by atoms with Gasteiger partial charge in [-0.1, -0.05) is 136 Å². The van der Waals surface area contributed by atoms with Crippen molar-refractivity contribution in [1.82, 2.24) is 0 Å². The van der Waals surface area contributed by atoms with Crippen LogP contribution >= 0.6 is 0 Å². The van der Waals surface area contributed by atoms with Crippen LogP contribution in [0.3, 0.4) is 0 Å². The standard InChI is InChI=1S/C38H40N2O2/c1-27-24-25-32(38(2,3)30-20-12-6-13-21-30)33(26-27)42-37(41)34-35(28-16-8-4-9-17-28)39-40(31-22-14-7-15-23-31)36(34)29-18-10-5-11-19-29/h4-23,27,32-34,36H,24-26H2,1-3H3/t27-,32-,33-,34-,36+/m1/s1. The lowest BCUT2D eigenvalue weighted by molar-refractivity contribution is -0.159. The van der Waals surface area contributed by atoms with Crippen LogP contribution in [0.15, 0.2) is 126 Å². The van der Waals surface area contributed by atoms with Crippen molar-refractivity contribution in [3.8, 4) is 0 Å². The fourth-order valence-electron chi connectivity index (χ4n) is 6.99. The summed E-state index contributed by atoms with van der Waals surface area (Å²) in [5, 5.41) is 7.17. The van der Waals surface area contributed by atoms with Gasteiger partial charge in [-0.3, -0.25) is 9.80 Å². The molecule has 1 fully saturated rings. The molecule has 1 heterocycles. The van der Waals surface area contributed by atoms with Gasteiger partial charge in [0.25, 0.3) is 0 Å². The van der Waals surface area contributed by atoms with Crippen molar-refractivity contribution in [2.45, 2.75) is 57.6 Å². The van der Waals surface area contributed by atoms with Crippen molar-refractivity contribution in [3.05, 3.63) is 138 Å². The van der Waals surface area contributed by atoms with Crippen LogP contribution in [-0.4, -0.2) is 17.8 Å². The van der Waals surface area contributed by atoms with Gasteiger partial charge in [0.15, 0.2) is 0 Å². The van der Waals surface area contributed by atoms with E-state index in [9.17, 15) is 4.79 Å². The molecule has 1 aliphatic carbocycles. The Morgan fingerprint density at radius 1 is 0.786 bits per heavy atom. The smallest absolute Gasteiger partial charge is 0.317 e. The second-order valence-corrected chi connectivity index (χ2v) is 12.5. The van der Waals surface area contributed by atoms with Crippen molar-refractivity contribution in [1.29, 1.82) is 0 Å². The van der Waals surface area contributed by atoms with Crippen molar-refractivity contribution >= 4 is 17.4 Å². The zero-order valence-electron chi connectivity index (χ0n) is 24.8. The molecule has 0 amide bonds. The summed E-state index contributed by atoms with van der Waals surface area (Å²) < 4.78 is 6.71. The Bertz CT molecular complexity index is 1500. The monoisotopic (exact) mass is 556 g/mol. The summed E-state index contributed by atoms with van der Waals surface area (Å²) in [4.78, 5) is 14.6. The van der Waals surface area contributed by atoms with Crippen LogP contribution in [0.1, 0.15) is 62.8 Å². The van der Waals surface area contributed by atoms with Crippen molar-refractivity contribution in [2.24, 2.45) is 22.9 Å². The molecule has 5 atom stereocenters. The minimum Gasteiger partial charge on any atom is -0.461 e. The summed E-state index contributed by atoms with van der Waals surface area (Å²) in [6, 6.07) is 40.8. The average Bonchev–Trinajstić information content (AvgIpc) is 3.44. The molecule has 0 radical (unpaired) electrons. The Balaban J connectivity index is 1.40. The van der Waals surface area contributed by atoms with E-state index in [1.807, 2.05) is 71.7 Å². The molecule has 214 valence electrons. The Hall–Kier alpha value is -4.18. The summed E-state index contributed by atoms with van der Waals surface area (Å²) in [6.45, 7) is 6.89. The SMILES string of the molecule is C[C@@H]1CC[C@@H](C(C)(C)c2ccccc2)[C@H](OC(=O)[C@@H]2C(c3ccccc3)=NN(c3ccccc3)[C@H]2c2ccccc2)C1. The van der Waals surface area contributed by atoms with Crippen LogP contribution in [-0.2, 0) is 14.9 Å². The molecule has 0 unspecified atom stereocenters. The highest BCUT2D eigenvalue weighted by atomic mass is 16.5. The Labute approximate surface area is 250 Å². The summed E-state index contributed by atoms with van der Waals surface area (Å²) in [6.07, 6.45) is 2.87. The lowest BCUT2D eigenvalue weighted by Crippen LogP contribution is -2.45. The Kier molecular flexibility index (Phi) is 7.97. The number of benzene rings is 4. The number of esters is 1. The van der Waals surface area contributed by atoms with E-state index >= 15 is 0 Å². The number of hydrogen-bond acceptors (Lipinski definition) is 4. The number of nitrogens with zero attached hydrogens (tertiary/aromatic N) is 2. The third-order valence-corrected chi connectivity index (χ3v) is 9.34. The maximum atomic E-state index is 14.6. The van der Waals surface area contributed by atoms with E-state index in [2.05, 4.69) is 75.4 Å². The maximum absolute atomic E-state index is 14.6. The van der Waals surface area contributed by atoms with Gasteiger partial charge in [0.05, 0.1) is 17.4 Å². The van der Waals surface area contributed by atoms with Crippen LogP contribution in [0.4, 0.5) is 5.69 Å². The number of hydrogen-bond donors (Lipinski definition) is 0. The molecule has 42 heavy (non-hydrogen) atoms. The molecule has 1 saturated carbocycles. The molecule has 4 aromatic rings. The van der Waals surface area contributed by atoms with Crippen LogP contribution in [0, 0.1) is 17.8 Å². The highest BCUT2D eigenvalue weighted by molar-refractivity contribution is 6.14. The fraction of sp³-hybridized carbons (Fsp3) is 0.316. The molecule has 0 spiro atoms. The number of carbonyl (C=O) groups is 1. The normalized spacial score (nSPS) is 24.2. The molecular weight excluding hydrogens is 516 g/mol. The molecule has 4 nitrogen and oxygen atoms in total. The average molecular weight is 557 g/mol. The van der Waals surface area contributed by atoms with Gasteiger partial charge in [-0.2, -0.15) is 5.10 Å². The lowest BCUT2D eigenvalue weighted by atomic mass is 9.64. The zero-order chi connectivity index (χ0) is 29.1. The molecule has 6 rings (SSSR count). The van der Waals surface area contributed by atoms with E-state index in [1.165, 1.54) is 5.56 Å². The Morgan fingerprint density at radius 2 is 1.36 bits per heavy atom. The van der Waals surface area contributed by atoms with Crippen LogP contribution < -0.4 is 5.01 Å². The highest BCUT2D eigenvalue weighted by Gasteiger charge is 2.48. The third-order valence-electron chi connectivity index (χ3n) is 9.34. The first kappa shape index (κ1) is 28.0. The molecular formula is C38H40N2O2. The highest BCUT2D eigenvalue weighted by Crippen LogP contribution is 2.46. The van der Waals surface area contributed by atoms with Crippen molar-refractivity contribution < 1.29 is 9.53 Å². The van der Waals surface area contributed by atoms with Crippen LogP contribution in [0.5, 0.6) is 0 Å². The van der Waals surface area contributed by atoms with Crippen LogP contribution in [0.2, 0.25) is 0 Å². The Morgan fingerprint density at radius 3 is 2.00 bits per heavy atom. The largest absolute Gasteiger partial charge is 0.461 e. The van der Waals surface area contributed by atoms with Gasteiger partial charge in [-0.05, 0) is 53.0 Å². The molecule has 1 aliphatic heterocycles. The second-order valence-electron chi connectivity index (χ2n) is 12.5. The molecule has 2 aliphatic rings. The quantitative estimate of drug-likeness (QED) is 0.214. The summed E-state index contributed by atoms with van der Waals surface area (Å²) in [7, 11) is 0. The van der Waals surface area contributed by atoms with Gasteiger partial charge in [-0.25, -0.2) is 0 Å². The second kappa shape index (κ2) is 12.0. The maximum Gasteiger partial charge on any atom is 0.317 e. The number of para-hydroxylation sites is 1. The minimum absolute atomic E-state index is 0.132. The number of hydrazone groups is 1. The van der Waals surface area contributed by atoms with Gasteiger partial charge in [0.1, 0.15) is 12.0 Å². The first-order chi connectivity index (χ1) is 20.4. The molecule has 4 heteroatoms. The molecule has 4 aromatic carbocycles. The minimum atomic E-state index is -0.576. The first-order valence-electron chi connectivity index (χ1n) is 15.2. The lowest BCUT2D eigenvalue weighted by Gasteiger charge is -2.44. The summed E-state index contributed by atoms with van der Waals surface area (Å²) in [5.41, 5.74) is 4.84. The predicted molar refractivity (Wildman–Crippen MR) is 170 cm³/mol. The summed E-state index contributed by atoms with van der Waals surface area (Å²) >= 11 is 0. The van der Waals surface area contributed by atoms with Gasteiger partial charge < -0.3 is 4.74 Å². The topological polar surface area (TPSA) is 41.9 Å². The van der Waals surface area contributed by atoms with Crippen molar-refractivity contribution in [2.75, 3.05) is 5.01 Å². The van der Waals surface area contributed by atoms with Gasteiger partial charge >= 0.3 is 5.97 Å². The zero-order valence-corrected chi connectivity index (χ0v) is 24.8. The van der Waals surface area contributed by atoms with Gasteiger partial charge in [0.2, 0.25) is 0 Å². The number of rotatable bonds is 7. The molecule has 0 saturated heterocycles. The number of anilines is 1. The third kappa shape index (κ3) is 5.51. The van der Waals surface area contributed by atoms with E-state index in [4.69, 9.17) is 9.84 Å². The van der Waals surface area contributed by atoms with E-state index in [0.717, 1.165) is 41.8 Å². The predicted octanol–water partition coefficient (Wildman–Crippen LogP) is 8.59.